The molecule has 8 aromatic carbocycles. The molecule has 282 valence electrons. The Bertz CT molecular complexity index is 3540. The minimum absolute atomic E-state index is 0.0358. The number of hydrogen-bond acceptors (Lipinski definition) is 6. The molecule has 2 aliphatic heterocycles. The van der Waals surface area contributed by atoms with Crippen LogP contribution in [0.25, 0.3) is 54.9 Å². The SMILES string of the molecule is O=C1C(c2cc3c4c(ccc5c4c2NC2(N5)c4ccccc4-c4ccccc42)CC3)=C(O)C1=c1cc2c3c(ccc4c3c1=NC1(N4)c3ccccc3-c3ccccc31)CC2. The fraction of sp³-hybridized carbons (Fsp3) is 0.111. The van der Waals surface area contributed by atoms with Crippen LogP contribution in [0.5, 0.6) is 0 Å². The van der Waals surface area contributed by atoms with Crippen LogP contribution in [-0.2, 0) is 41.8 Å². The fourth-order valence-corrected chi connectivity index (χ4v) is 12.3. The number of nitrogens with zero attached hydrogens (tertiary/aromatic N) is 1. The first kappa shape index (κ1) is 31.5. The molecule has 60 heavy (non-hydrogen) atoms. The number of benzene rings is 8. The third kappa shape index (κ3) is 3.49. The molecule has 0 fully saturated rings. The van der Waals surface area contributed by atoms with Crippen molar-refractivity contribution < 1.29 is 9.90 Å². The fourth-order valence-electron chi connectivity index (χ4n) is 12.3. The smallest absolute Gasteiger partial charge is 0.201 e. The van der Waals surface area contributed by atoms with Gasteiger partial charge in [-0.25, -0.2) is 4.99 Å². The van der Waals surface area contributed by atoms with Crippen LogP contribution >= 0.6 is 0 Å². The molecule has 0 bridgehead atoms. The lowest BCUT2D eigenvalue weighted by molar-refractivity contribution is -0.109. The summed E-state index contributed by atoms with van der Waals surface area (Å²) in [5, 5.41) is 30.6. The van der Waals surface area contributed by atoms with E-state index < -0.39 is 11.3 Å². The van der Waals surface area contributed by atoms with Gasteiger partial charge < -0.3 is 21.1 Å². The maximum absolute atomic E-state index is 15.3. The monoisotopic (exact) mass is 770 g/mol. The minimum Gasteiger partial charge on any atom is -0.506 e. The standard InChI is InChI=1S/C54H34N4O2/c59-51-45(35-25-29-19-17-27-21-23-41-47(43(27)29)49(35)57-53(55-41)37-13-5-1-9-31(37)32-10-2-6-14-38(32)53)52(60)46(51)36-26-30-20-18-28-22-24-42-48(44(28)30)50(36)58-54(56-42)39-15-7-3-11-33(39)34-12-4-8-16-40(34)54/h1-16,21-26,55-57,59H,17-20H2. The lowest BCUT2D eigenvalue weighted by Crippen LogP contribution is -2.45. The quantitative estimate of drug-likeness (QED) is 0.134. The largest absolute Gasteiger partial charge is 0.506 e. The Kier molecular flexibility index (Phi) is 5.47. The van der Waals surface area contributed by atoms with E-state index in [2.05, 4.69) is 149 Å². The molecule has 2 spiro atoms. The van der Waals surface area contributed by atoms with E-state index in [0.717, 1.165) is 97.8 Å². The van der Waals surface area contributed by atoms with Crippen molar-refractivity contribution in [2.75, 3.05) is 16.0 Å². The predicted molar refractivity (Wildman–Crippen MR) is 238 cm³/mol. The van der Waals surface area contributed by atoms with Crippen molar-refractivity contribution in [3.8, 4) is 22.3 Å². The molecule has 8 aromatic rings. The molecule has 0 unspecified atom stereocenters. The van der Waals surface area contributed by atoms with Crippen molar-refractivity contribution in [1.82, 2.24) is 0 Å². The van der Waals surface area contributed by atoms with Gasteiger partial charge in [0.1, 0.15) is 5.76 Å². The van der Waals surface area contributed by atoms with E-state index in [1.54, 1.807) is 0 Å². The number of anilines is 3. The van der Waals surface area contributed by atoms with Crippen molar-refractivity contribution >= 4 is 55.5 Å². The molecular weight excluding hydrogens is 737 g/mol. The highest BCUT2D eigenvalue weighted by atomic mass is 16.3. The zero-order valence-electron chi connectivity index (χ0n) is 32.3. The van der Waals surface area contributed by atoms with Gasteiger partial charge in [-0.15, -0.1) is 0 Å². The Labute approximate surface area is 344 Å². The van der Waals surface area contributed by atoms with Crippen molar-refractivity contribution in [3.05, 3.63) is 200 Å². The maximum Gasteiger partial charge on any atom is 0.201 e. The number of aliphatic hydroxyl groups excluding tert-OH is 1. The molecule has 7 aliphatic rings. The summed E-state index contributed by atoms with van der Waals surface area (Å²) in [5.41, 5.74) is 16.8. The summed E-state index contributed by atoms with van der Waals surface area (Å²) in [5.74, 6) is -0.116. The summed E-state index contributed by atoms with van der Waals surface area (Å²) in [6.07, 6.45) is 3.64. The van der Waals surface area contributed by atoms with E-state index in [9.17, 15) is 5.11 Å². The van der Waals surface area contributed by atoms with Crippen LogP contribution in [0.4, 0.5) is 17.1 Å². The number of carbonyl (C=O) groups excluding carboxylic acids is 1. The van der Waals surface area contributed by atoms with E-state index in [0.29, 0.717) is 16.4 Å². The molecule has 2 heterocycles. The number of rotatable bonds is 1. The van der Waals surface area contributed by atoms with Gasteiger partial charge in [0.25, 0.3) is 0 Å². The second-order valence-corrected chi connectivity index (χ2v) is 17.5. The van der Waals surface area contributed by atoms with Gasteiger partial charge in [-0.2, -0.15) is 0 Å². The molecule has 0 saturated heterocycles. The third-order valence-corrected chi connectivity index (χ3v) is 14.8. The number of aryl methyl sites for hydroxylation is 4. The third-order valence-electron chi connectivity index (χ3n) is 14.8. The first-order chi connectivity index (χ1) is 29.5. The van der Waals surface area contributed by atoms with Gasteiger partial charge >= 0.3 is 0 Å². The topological polar surface area (TPSA) is 85.8 Å². The van der Waals surface area contributed by atoms with Crippen LogP contribution in [-0.4, -0.2) is 10.9 Å². The highest BCUT2D eigenvalue weighted by Gasteiger charge is 2.49. The minimum atomic E-state index is -0.894. The van der Waals surface area contributed by atoms with Crippen molar-refractivity contribution in [1.29, 1.82) is 0 Å². The highest BCUT2D eigenvalue weighted by molar-refractivity contribution is 6.52. The second-order valence-electron chi connectivity index (χ2n) is 17.5. The molecular formula is C54H34N4O2. The van der Waals surface area contributed by atoms with Gasteiger partial charge in [0, 0.05) is 55.2 Å². The van der Waals surface area contributed by atoms with E-state index in [1.165, 1.54) is 44.2 Å². The van der Waals surface area contributed by atoms with E-state index in [-0.39, 0.29) is 11.5 Å². The summed E-state index contributed by atoms with van der Waals surface area (Å²) in [7, 11) is 0. The van der Waals surface area contributed by atoms with Gasteiger partial charge in [-0.1, -0.05) is 109 Å². The summed E-state index contributed by atoms with van der Waals surface area (Å²) in [6.45, 7) is 0. The molecule has 0 radical (unpaired) electrons. The average molecular weight is 771 g/mol. The van der Waals surface area contributed by atoms with Gasteiger partial charge in [-0.3, -0.25) is 4.79 Å². The molecule has 0 saturated carbocycles. The number of ketones is 1. The Balaban J connectivity index is 1.02. The van der Waals surface area contributed by atoms with Crippen LogP contribution in [0, 0.1) is 0 Å². The van der Waals surface area contributed by atoms with Crippen LogP contribution in [0.2, 0.25) is 0 Å². The summed E-state index contributed by atoms with van der Waals surface area (Å²) >= 11 is 0. The summed E-state index contributed by atoms with van der Waals surface area (Å²) in [4.78, 5) is 21.0. The zero-order valence-corrected chi connectivity index (χ0v) is 32.3. The van der Waals surface area contributed by atoms with Gasteiger partial charge in [0.15, 0.2) is 11.3 Å². The van der Waals surface area contributed by atoms with Crippen molar-refractivity contribution in [2.24, 2.45) is 4.99 Å². The first-order valence-electron chi connectivity index (χ1n) is 21.1. The van der Waals surface area contributed by atoms with E-state index in [4.69, 9.17) is 4.99 Å². The number of Topliss-reactive ketones (excluding diaryl/α,β-unsaturated/α-hetero) is 1. The molecule has 0 amide bonds. The number of aliphatic hydroxyl groups is 1. The van der Waals surface area contributed by atoms with E-state index in [1.807, 2.05) is 0 Å². The van der Waals surface area contributed by atoms with Crippen LogP contribution in [0.15, 0.2) is 144 Å². The Morgan fingerprint density at radius 3 is 1.62 bits per heavy atom. The average Bonchev–Trinajstić information content (AvgIpc) is 4.04. The van der Waals surface area contributed by atoms with Gasteiger partial charge in [0.05, 0.1) is 22.2 Å². The molecule has 5 aliphatic carbocycles. The summed E-state index contributed by atoms with van der Waals surface area (Å²) < 4.78 is 0. The van der Waals surface area contributed by atoms with Crippen molar-refractivity contribution in [3.63, 3.8) is 0 Å². The number of fused-ring (bicyclic) bond motifs is 10. The van der Waals surface area contributed by atoms with Crippen molar-refractivity contribution in [2.45, 2.75) is 37.0 Å². The van der Waals surface area contributed by atoms with E-state index >= 15 is 4.79 Å². The first-order valence-corrected chi connectivity index (χ1v) is 21.1. The molecule has 6 heteroatoms. The number of nitrogens with one attached hydrogen (secondary N) is 3. The van der Waals surface area contributed by atoms with Crippen LogP contribution in [0.3, 0.4) is 0 Å². The molecule has 15 rings (SSSR count). The Morgan fingerprint density at radius 1 is 0.483 bits per heavy atom. The molecule has 0 aromatic heterocycles. The van der Waals surface area contributed by atoms with Gasteiger partial charge in [-0.05, 0) is 105 Å². The highest BCUT2D eigenvalue weighted by Crippen LogP contribution is 2.57. The number of hydrogen-bond donors (Lipinski definition) is 4. The van der Waals surface area contributed by atoms with Crippen LogP contribution < -0.4 is 26.5 Å². The predicted octanol–water partition coefficient (Wildman–Crippen LogP) is 9.54. The van der Waals surface area contributed by atoms with Crippen LogP contribution in [0.1, 0.15) is 50.1 Å². The Hall–Kier alpha value is -7.44. The molecule has 6 nitrogen and oxygen atoms in total. The van der Waals surface area contributed by atoms with Gasteiger partial charge in [0.2, 0.25) is 5.78 Å². The lowest BCUT2D eigenvalue weighted by atomic mass is 9.78. The zero-order chi connectivity index (χ0) is 39.2. The maximum atomic E-state index is 15.3. The molecule has 4 N–H and O–H groups in total. The normalized spacial score (nSPS) is 18.8. The lowest BCUT2D eigenvalue weighted by Gasteiger charge is -2.42. The number of carbonyl (C=O) groups is 1. The number of allylic oxidation sites excluding steroid dienone is 2. The Morgan fingerprint density at radius 2 is 1.00 bits per heavy atom. The summed E-state index contributed by atoms with van der Waals surface area (Å²) in [6, 6.07) is 47.4. The second kappa shape index (κ2) is 10.4. The molecule has 0 atom stereocenters.